The van der Waals surface area contributed by atoms with Gasteiger partial charge < -0.3 is 25.1 Å². The van der Waals surface area contributed by atoms with Gasteiger partial charge in [-0.3, -0.25) is 0 Å². The fourth-order valence-corrected chi connectivity index (χ4v) is 6.18. The number of aromatic nitrogens is 2. The van der Waals surface area contributed by atoms with Crippen LogP contribution in [0.2, 0.25) is 0 Å². The summed E-state index contributed by atoms with van der Waals surface area (Å²) in [5.41, 5.74) is 9.30. The number of benzene rings is 4. The molecule has 1 heterocycles. The van der Waals surface area contributed by atoms with E-state index >= 15 is 0 Å². The van der Waals surface area contributed by atoms with E-state index in [9.17, 15) is 10.2 Å². The van der Waals surface area contributed by atoms with E-state index in [1.54, 1.807) is 6.20 Å². The van der Waals surface area contributed by atoms with E-state index in [2.05, 4.69) is 119 Å². The average Bonchev–Trinajstić information content (AvgIpc) is 2.99. The topological polar surface area (TPSA) is 66.2 Å². The third kappa shape index (κ3) is 9.09. The van der Waals surface area contributed by atoms with Crippen LogP contribution in [-0.2, 0) is 47.9 Å². The number of aromatic hydroxyl groups is 2. The Hall–Kier alpha value is -3.56. The molecular formula is C46H58N2O2Zr. The van der Waals surface area contributed by atoms with Gasteiger partial charge in [0.15, 0.2) is 5.82 Å². The second-order valence-corrected chi connectivity index (χ2v) is 17.2. The van der Waals surface area contributed by atoms with E-state index in [0.717, 1.165) is 55.8 Å². The summed E-state index contributed by atoms with van der Waals surface area (Å²) in [6, 6.07) is 26.6. The van der Waals surface area contributed by atoms with Crippen LogP contribution in [0.1, 0.15) is 105 Å². The Bertz CT molecular complexity index is 1840. The van der Waals surface area contributed by atoms with Crippen molar-refractivity contribution in [1.82, 2.24) is 9.97 Å². The molecule has 0 saturated heterocycles. The van der Waals surface area contributed by atoms with Crippen molar-refractivity contribution in [3.63, 3.8) is 0 Å². The van der Waals surface area contributed by atoms with Crippen LogP contribution in [-0.4, -0.2) is 20.2 Å². The average molecular weight is 762 g/mol. The third-order valence-corrected chi connectivity index (χ3v) is 9.17. The second kappa shape index (κ2) is 15.6. The molecular weight excluding hydrogens is 704 g/mol. The smallest absolute Gasteiger partial charge is 0.507 e. The number of phenols is 2. The molecule has 1 aromatic heterocycles. The molecule has 4 aromatic carbocycles. The van der Waals surface area contributed by atoms with E-state index < -0.39 is 0 Å². The maximum atomic E-state index is 11.8. The monoisotopic (exact) mass is 760 g/mol. The van der Waals surface area contributed by atoms with Crippen LogP contribution in [0.3, 0.4) is 0 Å². The number of phenolic OH excluding ortho intramolecular Hbond substituents is 2. The van der Waals surface area contributed by atoms with Crippen LogP contribution >= 0.6 is 0 Å². The van der Waals surface area contributed by atoms with Crippen LogP contribution in [0.25, 0.3) is 44.9 Å². The summed E-state index contributed by atoms with van der Waals surface area (Å²) in [6.07, 6.45) is 1.79. The first kappa shape index (κ1) is 43.6. The second-order valence-electron chi connectivity index (χ2n) is 17.2. The first-order valence-electron chi connectivity index (χ1n) is 17.0. The minimum atomic E-state index is -0.252. The van der Waals surface area contributed by atoms with Crippen LogP contribution in [0.15, 0.2) is 85.1 Å². The normalized spacial score (nSPS) is 12.0. The fourth-order valence-electron chi connectivity index (χ4n) is 6.18. The number of hydrogen-bond acceptors (Lipinski definition) is 4. The van der Waals surface area contributed by atoms with Gasteiger partial charge in [0.2, 0.25) is 0 Å². The maximum Gasteiger partial charge on any atom is 2.00 e. The van der Waals surface area contributed by atoms with Gasteiger partial charge in [0, 0.05) is 39.6 Å². The van der Waals surface area contributed by atoms with E-state index in [1.807, 2.05) is 42.5 Å². The summed E-state index contributed by atoms with van der Waals surface area (Å²) in [6.45, 7) is 26.0. The van der Waals surface area contributed by atoms with E-state index in [1.165, 1.54) is 5.56 Å². The molecule has 5 aromatic rings. The zero-order valence-electron chi connectivity index (χ0n) is 33.4. The van der Waals surface area contributed by atoms with Crippen molar-refractivity contribution in [2.75, 3.05) is 0 Å². The Kier molecular flexibility index (Phi) is 13.3. The zero-order chi connectivity index (χ0) is 35.4. The Labute approximate surface area is 328 Å². The van der Waals surface area contributed by atoms with Crippen molar-refractivity contribution in [2.24, 2.45) is 0 Å². The Morgan fingerprint density at radius 3 is 1.22 bits per heavy atom. The molecule has 0 bridgehead atoms. The first-order chi connectivity index (χ1) is 22.2. The molecule has 2 N–H and O–H groups in total. The summed E-state index contributed by atoms with van der Waals surface area (Å²) in [5, 5.41) is 23.5. The van der Waals surface area contributed by atoms with Gasteiger partial charge in [-0.05, 0) is 62.1 Å². The van der Waals surface area contributed by atoms with E-state index in [0.29, 0.717) is 11.6 Å². The predicted octanol–water partition coefficient (Wildman–Crippen LogP) is 12.6. The van der Waals surface area contributed by atoms with Gasteiger partial charge in [-0.1, -0.05) is 144 Å². The zero-order valence-corrected chi connectivity index (χ0v) is 35.8. The molecule has 0 aliphatic rings. The molecule has 0 fully saturated rings. The molecule has 0 amide bonds. The summed E-state index contributed by atoms with van der Waals surface area (Å²) >= 11 is 0. The third-order valence-electron chi connectivity index (χ3n) is 9.17. The standard InChI is InChI=1S/C44H52N2O2.2CH3.Zr/c1-41(2,3)27-23-33(38(47)35(25-27)43(7,8)9)29-17-13-15-19-31(29)37-21-22-45-40(46-37)32-20-16-14-18-30(32)34-24-28(42(4,5)6)26-36(39(34)48)44(10,11)12;;;/h13-26,47-48H,1-12H3;2*1H3;/q;2*-1;+2. The molecule has 51 heavy (non-hydrogen) atoms. The molecule has 0 saturated carbocycles. The number of rotatable bonds is 4. The number of hydrogen-bond donors (Lipinski definition) is 2. The summed E-state index contributed by atoms with van der Waals surface area (Å²) in [5.74, 6) is 1.15. The van der Waals surface area contributed by atoms with Crippen LogP contribution in [0.5, 0.6) is 11.5 Å². The van der Waals surface area contributed by atoms with Crippen molar-refractivity contribution < 1.29 is 36.4 Å². The minimum Gasteiger partial charge on any atom is -0.507 e. The molecule has 5 rings (SSSR count). The van der Waals surface area contributed by atoms with Gasteiger partial charge in [-0.25, -0.2) is 9.97 Å². The van der Waals surface area contributed by atoms with Gasteiger partial charge in [0.1, 0.15) is 11.5 Å². The van der Waals surface area contributed by atoms with Gasteiger partial charge in [-0.2, -0.15) is 0 Å². The van der Waals surface area contributed by atoms with Gasteiger partial charge in [0.05, 0.1) is 5.69 Å². The van der Waals surface area contributed by atoms with Crippen molar-refractivity contribution in [1.29, 1.82) is 0 Å². The van der Waals surface area contributed by atoms with Gasteiger partial charge in [-0.15, -0.1) is 0 Å². The molecule has 0 aliphatic carbocycles. The molecule has 4 nitrogen and oxygen atoms in total. The Morgan fingerprint density at radius 1 is 0.451 bits per heavy atom. The van der Waals surface area contributed by atoms with Crippen molar-refractivity contribution in [3.8, 4) is 56.4 Å². The summed E-state index contributed by atoms with van der Waals surface area (Å²) < 4.78 is 0. The minimum absolute atomic E-state index is 0. The quantitative estimate of drug-likeness (QED) is 0.179. The van der Waals surface area contributed by atoms with Crippen molar-refractivity contribution >= 4 is 0 Å². The van der Waals surface area contributed by atoms with Crippen LogP contribution in [0, 0.1) is 14.9 Å². The SMILES string of the molecule is CC(C)(C)c1cc(-c2ccccc2-c2ccnc(-c3ccccc3-c3cc(C(C)(C)C)cc(C(C)(C)C)c3O)n2)c(O)c(C(C)(C)C)c1.[CH3-].[CH3-].[Zr+2]. The molecule has 0 radical (unpaired) electrons. The van der Waals surface area contributed by atoms with Gasteiger partial charge in [0.25, 0.3) is 0 Å². The number of nitrogens with zero attached hydrogens (tertiary/aromatic N) is 2. The maximum absolute atomic E-state index is 11.8. The molecule has 0 spiro atoms. The largest absolute Gasteiger partial charge is 2.00 e. The molecule has 5 heteroatoms. The summed E-state index contributed by atoms with van der Waals surface area (Å²) in [7, 11) is 0. The Morgan fingerprint density at radius 2 is 0.824 bits per heavy atom. The Balaban J connectivity index is 0.00000300. The van der Waals surface area contributed by atoms with Crippen LogP contribution in [0.4, 0.5) is 0 Å². The van der Waals surface area contributed by atoms with E-state index in [-0.39, 0.29) is 68.5 Å². The van der Waals surface area contributed by atoms with Crippen molar-refractivity contribution in [2.45, 2.75) is 105 Å². The fraction of sp³-hybridized carbons (Fsp3) is 0.348. The van der Waals surface area contributed by atoms with Crippen molar-refractivity contribution in [3.05, 3.63) is 122 Å². The molecule has 0 unspecified atom stereocenters. The van der Waals surface area contributed by atoms with Crippen LogP contribution < -0.4 is 0 Å². The molecule has 268 valence electrons. The first-order valence-corrected chi connectivity index (χ1v) is 17.0. The summed E-state index contributed by atoms with van der Waals surface area (Å²) in [4.78, 5) is 9.92. The molecule has 0 atom stereocenters. The predicted molar refractivity (Wildman–Crippen MR) is 215 cm³/mol. The van der Waals surface area contributed by atoms with E-state index in [4.69, 9.17) is 9.97 Å². The van der Waals surface area contributed by atoms with Gasteiger partial charge >= 0.3 is 26.2 Å². The molecule has 0 aliphatic heterocycles.